The van der Waals surface area contributed by atoms with E-state index in [1.54, 1.807) is 7.11 Å². The summed E-state index contributed by atoms with van der Waals surface area (Å²) in [5.41, 5.74) is 0.0242. The van der Waals surface area contributed by atoms with Crippen LogP contribution in [0.25, 0.3) is 0 Å². The van der Waals surface area contributed by atoms with Crippen LogP contribution >= 0.6 is 11.8 Å². The average molecular weight is 217 g/mol. The van der Waals surface area contributed by atoms with E-state index in [0.29, 0.717) is 0 Å². The highest BCUT2D eigenvalue weighted by atomic mass is 32.2. The van der Waals surface area contributed by atoms with Gasteiger partial charge in [-0.05, 0) is 51.2 Å². The molecule has 0 aromatic carbocycles. The molecule has 0 aromatic rings. The predicted molar refractivity (Wildman–Crippen MR) is 64.1 cm³/mol. The highest BCUT2D eigenvalue weighted by Gasteiger charge is 2.17. The number of thioether (sulfide) groups is 1. The standard InChI is InChI=1S/C11H23NOS/c1-11(2,13-3)6-7-12-10-4-8-14-9-5-10/h10,12H,4-9H2,1-3H3. The summed E-state index contributed by atoms with van der Waals surface area (Å²) >= 11 is 2.08. The molecule has 0 saturated carbocycles. The average Bonchev–Trinajstić information content (AvgIpc) is 2.19. The number of methoxy groups -OCH3 is 1. The van der Waals surface area contributed by atoms with E-state index in [1.807, 2.05) is 0 Å². The van der Waals surface area contributed by atoms with Crippen molar-refractivity contribution in [3.63, 3.8) is 0 Å². The molecule has 1 aliphatic heterocycles. The summed E-state index contributed by atoms with van der Waals surface area (Å²) in [6.45, 7) is 5.37. The summed E-state index contributed by atoms with van der Waals surface area (Å²) in [7, 11) is 1.79. The van der Waals surface area contributed by atoms with Crippen LogP contribution in [0, 0.1) is 0 Å². The SMILES string of the molecule is COC(C)(C)CCNC1CCSCC1. The molecule has 1 fully saturated rings. The minimum absolute atomic E-state index is 0.0242. The van der Waals surface area contributed by atoms with Crippen LogP contribution in [0.4, 0.5) is 0 Å². The van der Waals surface area contributed by atoms with Gasteiger partial charge in [0.15, 0.2) is 0 Å². The van der Waals surface area contributed by atoms with Crippen LogP contribution in [-0.2, 0) is 4.74 Å². The molecule has 84 valence electrons. The summed E-state index contributed by atoms with van der Waals surface area (Å²) in [5.74, 6) is 2.65. The van der Waals surface area contributed by atoms with Gasteiger partial charge in [-0.2, -0.15) is 11.8 Å². The van der Waals surface area contributed by atoms with E-state index in [4.69, 9.17) is 4.74 Å². The van der Waals surface area contributed by atoms with E-state index in [-0.39, 0.29) is 5.60 Å². The number of hydrogen-bond acceptors (Lipinski definition) is 3. The maximum absolute atomic E-state index is 5.38. The van der Waals surface area contributed by atoms with E-state index < -0.39 is 0 Å². The molecule has 0 aliphatic carbocycles. The number of rotatable bonds is 5. The first-order valence-electron chi connectivity index (χ1n) is 5.50. The third-order valence-electron chi connectivity index (χ3n) is 2.93. The lowest BCUT2D eigenvalue weighted by Crippen LogP contribution is -2.36. The minimum atomic E-state index is 0.0242. The molecule has 0 bridgehead atoms. The number of hydrogen-bond donors (Lipinski definition) is 1. The largest absolute Gasteiger partial charge is 0.379 e. The summed E-state index contributed by atoms with van der Waals surface area (Å²) < 4.78 is 5.38. The second kappa shape index (κ2) is 5.99. The third kappa shape index (κ3) is 4.67. The van der Waals surface area contributed by atoms with Crippen molar-refractivity contribution in [2.45, 2.75) is 44.8 Å². The second-order valence-electron chi connectivity index (χ2n) is 4.55. The molecule has 0 unspecified atom stereocenters. The third-order valence-corrected chi connectivity index (χ3v) is 3.98. The van der Waals surface area contributed by atoms with Crippen molar-refractivity contribution in [3.8, 4) is 0 Å². The highest BCUT2D eigenvalue weighted by Crippen LogP contribution is 2.17. The van der Waals surface area contributed by atoms with Crippen LogP contribution in [-0.4, -0.2) is 36.8 Å². The number of ether oxygens (including phenoxy) is 1. The highest BCUT2D eigenvalue weighted by molar-refractivity contribution is 7.99. The fourth-order valence-corrected chi connectivity index (χ4v) is 2.69. The Morgan fingerprint density at radius 3 is 2.57 bits per heavy atom. The van der Waals surface area contributed by atoms with E-state index in [0.717, 1.165) is 19.0 Å². The van der Waals surface area contributed by atoms with Gasteiger partial charge in [-0.25, -0.2) is 0 Å². The van der Waals surface area contributed by atoms with Crippen molar-refractivity contribution in [1.29, 1.82) is 0 Å². The van der Waals surface area contributed by atoms with Gasteiger partial charge in [0.2, 0.25) is 0 Å². The normalized spacial score (nSPS) is 19.9. The van der Waals surface area contributed by atoms with E-state index >= 15 is 0 Å². The van der Waals surface area contributed by atoms with E-state index in [2.05, 4.69) is 30.9 Å². The van der Waals surface area contributed by atoms with Gasteiger partial charge in [0.05, 0.1) is 5.60 Å². The van der Waals surface area contributed by atoms with E-state index in [1.165, 1.54) is 24.3 Å². The smallest absolute Gasteiger partial charge is 0.0634 e. The first kappa shape index (κ1) is 12.3. The molecular formula is C11H23NOS. The van der Waals surface area contributed by atoms with Crippen molar-refractivity contribution < 1.29 is 4.74 Å². The maximum atomic E-state index is 5.38. The summed E-state index contributed by atoms with van der Waals surface area (Å²) in [6, 6.07) is 0.754. The van der Waals surface area contributed by atoms with Gasteiger partial charge in [-0.3, -0.25) is 0 Å². The molecule has 0 spiro atoms. The fourth-order valence-electron chi connectivity index (χ4n) is 1.58. The Morgan fingerprint density at radius 2 is 2.00 bits per heavy atom. The van der Waals surface area contributed by atoms with Gasteiger partial charge in [-0.1, -0.05) is 0 Å². The van der Waals surface area contributed by atoms with Crippen LogP contribution in [0.1, 0.15) is 33.1 Å². The van der Waals surface area contributed by atoms with Crippen LogP contribution < -0.4 is 5.32 Å². The van der Waals surface area contributed by atoms with Crippen LogP contribution in [0.2, 0.25) is 0 Å². The van der Waals surface area contributed by atoms with Crippen molar-refractivity contribution in [3.05, 3.63) is 0 Å². The van der Waals surface area contributed by atoms with Crippen LogP contribution in [0.5, 0.6) is 0 Å². The Labute approximate surface area is 92.2 Å². The van der Waals surface area contributed by atoms with Gasteiger partial charge < -0.3 is 10.1 Å². The summed E-state index contributed by atoms with van der Waals surface area (Å²) in [5, 5.41) is 3.62. The quantitative estimate of drug-likeness (QED) is 0.763. The monoisotopic (exact) mass is 217 g/mol. The maximum Gasteiger partial charge on any atom is 0.0634 e. The van der Waals surface area contributed by atoms with Gasteiger partial charge in [0.1, 0.15) is 0 Å². The van der Waals surface area contributed by atoms with Crippen LogP contribution in [0.3, 0.4) is 0 Å². The molecule has 2 nitrogen and oxygen atoms in total. The molecule has 0 amide bonds. The molecule has 0 radical (unpaired) electrons. The van der Waals surface area contributed by atoms with Gasteiger partial charge in [0, 0.05) is 13.2 Å². The summed E-state index contributed by atoms with van der Waals surface area (Å²) in [6.07, 6.45) is 3.75. The molecule has 0 aromatic heterocycles. The van der Waals surface area contributed by atoms with Gasteiger partial charge >= 0.3 is 0 Å². The zero-order valence-electron chi connectivity index (χ0n) is 9.64. The second-order valence-corrected chi connectivity index (χ2v) is 5.78. The molecule has 1 heterocycles. The lowest BCUT2D eigenvalue weighted by atomic mass is 10.0. The minimum Gasteiger partial charge on any atom is -0.379 e. The first-order valence-corrected chi connectivity index (χ1v) is 6.66. The number of nitrogens with one attached hydrogen (secondary N) is 1. The van der Waals surface area contributed by atoms with Gasteiger partial charge in [-0.15, -0.1) is 0 Å². The Balaban J connectivity index is 2.08. The molecule has 0 atom stereocenters. The van der Waals surface area contributed by atoms with Crippen molar-refractivity contribution in [1.82, 2.24) is 5.32 Å². The van der Waals surface area contributed by atoms with Crippen molar-refractivity contribution in [2.75, 3.05) is 25.2 Å². The van der Waals surface area contributed by atoms with Crippen molar-refractivity contribution >= 4 is 11.8 Å². The summed E-state index contributed by atoms with van der Waals surface area (Å²) in [4.78, 5) is 0. The molecule has 3 heteroatoms. The molecule has 1 rings (SSSR count). The molecule has 1 aliphatic rings. The van der Waals surface area contributed by atoms with E-state index in [9.17, 15) is 0 Å². The molecule has 1 saturated heterocycles. The fraction of sp³-hybridized carbons (Fsp3) is 1.00. The molecular weight excluding hydrogens is 194 g/mol. The molecule has 1 N–H and O–H groups in total. The Morgan fingerprint density at radius 1 is 1.36 bits per heavy atom. The zero-order valence-corrected chi connectivity index (χ0v) is 10.5. The Hall–Kier alpha value is 0.270. The lowest BCUT2D eigenvalue weighted by molar-refractivity contribution is 0.0153. The Bertz CT molecular complexity index is 155. The Kier molecular flexibility index (Phi) is 5.28. The van der Waals surface area contributed by atoms with Crippen LogP contribution in [0.15, 0.2) is 0 Å². The first-order chi connectivity index (χ1) is 6.64. The van der Waals surface area contributed by atoms with Crippen molar-refractivity contribution in [2.24, 2.45) is 0 Å². The molecule has 14 heavy (non-hydrogen) atoms. The topological polar surface area (TPSA) is 21.3 Å². The zero-order chi connectivity index (χ0) is 10.4. The predicted octanol–water partition coefficient (Wildman–Crippen LogP) is 2.29. The lowest BCUT2D eigenvalue weighted by Gasteiger charge is -2.26. The van der Waals surface area contributed by atoms with Gasteiger partial charge in [0.25, 0.3) is 0 Å².